The van der Waals surface area contributed by atoms with Gasteiger partial charge < -0.3 is 20.1 Å². The standard InChI is InChI=1S/C19H15ClF4N2O4/c20-12-7-11(8-13(21)9-12)10-25-16(27)18(29)5-6-26(17(18)28)14-1-3-15(4-2-14)30-19(22,23)24/h1-4,7-9,29H,5-6,10H2,(H,25,27)/t18-/m0/s1. The van der Waals surface area contributed by atoms with Crippen LogP contribution in [0.5, 0.6) is 5.75 Å². The summed E-state index contributed by atoms with van der Waals surface area (Å²) in [5.74, 6) is -2.99. The molecule has 2 aromatic carbocycles. The maximum atomic E-state index is 13.4. The fourth-order valence-corrected chi connectivity index (χ4v) is 3.28. The molecule has 0 aromatic heterocycles. The third-order valence-corrected chi connectivity index (χ3v) is 4.65. The van der Waals surface area contributed by atoms with E-state index in [1.54, 1.807) is 0 Å². The first kappa shape index (κ1) is 21.8. The van der Waals surface area contributed by atoms with Gasteiger partial charge in [-0.2, -0.15) is 0 Å². The summed E-state index contributed by atoms with van der Waals surface area (Å²) in [6, 6.07) is 8.09. The topological polar surface area (TPSA) is 78.9 Å². The van der Waals surface area contributed by atoms with Crippen LogP contribution < -0.4 is 15.0 Å². The number of nitrogens with zero attached hydrogens (tertiary/aromatic N) is 1. The average molecular weight is 447 g/mol. The molecule has 160 valence electrons. The van der Waals surface area contributed by atoms with Gasteiger partial charge in [-0.25, -0.2) is 4.39 Å². The van der Waals surface area contributed by atoms with Gasteiger partial charge in [0.1, 0.15) is 11.6 Å². The van der Waals surface area contributed by atoms with E-state index in [4.69, 9.17) is 11.6 Å². The molecular weight excluding hydrogens is 432 g/mol. The number of alkyl halides is 3. The number of hydrogen-bond acceptors (Lipinski definition) is 4. The maximum absolute atomic E-state index is 13.4. The molecule has 3 rings (SSSR count). The van der Waals surface area contributed by atoms with Gasteiger partial charge >= 0.3 is 6.36 Å². The van der Waals surface area contributed by atoms with Crippen molar-refractivity contribution >= 4 is 29.1 Å². The second kappa shape index (κ2) is 8.11. The fourth-order valence-electron chi connectivity index (χ4n) is 3.03. The maximum Gasteiger partial charge on any atom is 0.573 e. The van der Waals surface area contributed by atoms with Crippen LogP contribution in [-0.4, -0.2) is 35.4 Å². The van der Waals surface area contributed by atoms with Gasteiger partial charge in [-0.3, -0.25) is 9.59 Å². The number of amides is 2. The summed E-state index contributed by atoms with van der Waals surface area (Å²) < 4.78 is 53.9. The van der Waals surface area contributed by atoms with Crippen LogP contribution >= 0.6 is 11.6 Å². The normalized spacial score (nSPS) is 19.1. The lowest BCUT2D eigenvalue weighted by Crippen LogP contribution is -2.52. The van der Waals surface area contributed by atoms with Crippen LogP contribution in [0, 0.1) is 5.82 Å². The Hall–Kier alpha value is -2.85. The predicted octanol–water partition coefficient (Wildman–Crippen LogP) is 3.16. The van der Waals surface area contributed by atoms with Crippen molar-refractivity contribution < 1.29 is 37.0 Å². The van der Waals surface area contributed by atoms with Gasteiger partial charge in [0, 0.05) is 30.2 Å². The number of ether oxygens (including phenoxy) is 1. The van der Waals surface area contributed by atoms with Crippen LogP contribution in [0.25, 0.3) is 0 Å². The lowest BCUT2D eigenvalue weighted by atomic mass is 10.0. The Bertz CT molecular complexity index is 948. The molecule has 1 fully saturated rings. The van der Waals surface area contributed by atoms with Crippen molar-refractivity contribution in [3.63, 3.8) is 0 Å². The van der Waals surface area contributed by atoms with E-state index in [9.17, 15) is 32.3 Å². The quantitative estimate of drug-likeness (QED) is 0.546. The van der Waals surface area contributed by atoms with Crippen LogP contribution in [0.4, 0.5) is 23.2 Å². The molecule has 0 radical (unpaired) electrons. The number of hydrogen-bond donors (Lipinski definition) is 2. The van der Waals surface area contributed by atoms with E-state index in [1.165, 1.54) is 18.2 Å². The highest BCUT2D eigenvalue weighted by Gasteiger charge is 2.51. The highest BCUT2D eigenvalue weighted by atomic mass is 35.5. The summed E-state index contributed by atoms with van der Waals surface area (Å²) in [6.07, 6.45) is -5.09. The zero-order chi connectivity index (χ0) is 22.1. The van der Waals surface area contributed by atoms with E-state index in [0.29, 0.717) is 5.56 Å². The number of carbonyl (C=O) groups excluding carboxylic acids is 2. The molecule has 1 aliphatic heterocycles. The number of rotatable bonds is 5. The average Bonchev–Trinajstić information content (AvgIpc) is 2.95. The molecule has 6 nitrogen and oxygen atoms in total. The Kier molecular flexibility index (Phi) is 5.91. The highest BCUT2D eigenvalue weighted by molar-refractivity contribution is 6.30. The van der Waals surface area contributed by atoms with Crippen molar-refractivity contribution in [3.05, 3.63) is 58.9 Å². The number of halogens is 5. The van der Waals surface area contributed by atoms with Crippen LogP contribution in [-0.2, 0) is 16.1 Å². The predicted molar refractivity (Wildman–Crippen MR) is 98.3 cm³/mol. The van der Waals surface area contributed by atoms with Crippen LogP contribution in [0.2, 0.25) is 5.02 Å². The second-order valence-corrected chi connectivity index (χ2v) is 7.01. The first-order chi connectivity index (χ1) is 14.0. The Labute approximate surface area is 173 Å². The smallest absolute Gasteiger partial charge is 0.406 e. The molecule has 1 heterocycles. The summed E-state index contributed by atoms with van der Waals surface area (Å²) in [6.45, 7) is -0.205. The molecule has 1 atom stereocenters. The molecule has 0 unspecified atom stereocenters. The Morgan fingerprint density at radius 3 is 2.50 bits per heavy atom. The minimum atomic E-state index is -4.85. The van der Waals surface area contributed by atoms with Crippen molar-refractivity contribution in [2.75, 3.05) is 11.4 Å². The van der Waals surface area contributed by atoms with Gasteiger partial charge in [0.2, 0.25) is 5.60 Å². The van der Waals surface area contributed by atoms with Crippen molar-refractivity contribution in [1.29, 1.82) is 0 Å². The molecule has 0 aliphatic carbocycles. The zero-order valence-corrected chi connectivity index (χ0v) is 15.9. The van der Waals surface area contributed by atoms with Crippen molar-refractivity contribution in [1.82, 2.24) is 5.32 Å². The number of carbonyl (C=O) groups is 2. The van der Waals surface area contributed by atoms with Crippen molar-refractivity contribution in [2.45, 2.75) is 24.9 Å². The minimum Gasteiger partial charge on any atom is -0.406 e. The molecule has 2 amide bonds. The highest BCUT2D eigenvalue weighted by Crippen LogP contribution is 2.31. The monoisotopic (exact) mass is 446 g/mol. The van der Waals surface area contributed by atoms with Gasteiger partial charge in [0.25, 0.3) is 11.8 Å². The van der Waals surface area contributed by atoms with Gasteiger partial charge in [-0.1, -0.05) is 11.6 Å². The molecule has 0 spiro atoms. The Morgan fingerprint density at radius 2 is 1.90 bits per heavy atom. The molecule has 0 saturated carbocycles. The second-order valence-electron chi connectivity index (χ2n) is 6.57. The van der Waals surface area contributed by atoms with E-state index in [2.05, 4.69) is 10.1 Å². The lowest BCUT2D eigenvalue weighted by Gasteiger charge is -2.22. The summed E-state index contributed by atoms with van der Waals surface area (Å²) in [4.78, 5) is 26.1. The first-order valence-corrected chi connectivity index (χ1v) is 8.99. The van der Waals surface area contributed by atoms with Gasteiger partial charge in [0.15, 0.2) is 0 Å². The molecule has 1 aliphatic rings. The fraction of sp³-hybridized carbons (Fsp3) is 0.263. The van der Waals surface area contributed by atoms with Crippen molar-refractivity contribution in [2.24, 2.45) is 0 Å². The van der Waals surface area contributed by atoms with Crippen LogP contribution in [0.3, 0.4) is 0 Å². The van der Waals surface area contributed by atoms with Gasteiger partial charge in [0.05, 0.1) is 0 Å². The molecule has 30 heavy (non-hydrogen) atoms. The summed E-state index contributed by atoms with van der Waals surface area (Å²) >= 11 is 5.74. The summed E-state index contributed by atoms with van der Waals surface area (Å²) in [5.41, 5.74) is -1.84. The lowest BCUT2D eigenvalue weighted by molar-refractivity contribution is -0.274. The number of aliphatic hydroxyl groups is 1. The summed E-state index contributed by atoms with van der Waals surface area (Å²) in [5, 5.41) is 13.1. The van der Waals surface area contributed by atoms with Crippen LogP contribution in [0.1, 0.15) is 12.0 Å². The summed E-state index contributed by atoms with van der Waals surface area (Å²) in [7, 11) is 0. The molecule has 0 bridgehead atoms. The third-order valence-electron chi connectivity index (χ3n) is 4.43. The van der Waals surface area contributed by atoms with E-state index in [0.717, 1.165) is 29.2 Å². The molecule has 11 heteroatoms. The minimum absolute atomic E-state index is 0.0337. The van der Waals surface area contributed by atoms with Gasteiger partial charge in [-0.05, 0) is 48.0 Å². The molecule has 2 aromatic rings. The van der Waals surface area contributed by atoms with E-state index >= 15 is 0 Å². The van der Waals surface area contributed by atoms with Crippen molar-refractivity contribution in [3.8, 4) is 5.75 Å². The van der Waals surface area contributed by atoms with E-state index in [-0.39, 0.29) is 30.2 Å². The number of anilines is 1. The zero-order valence-electron chi connectivity index (χ0n) is 15.2. The molecular formula is C19H15ClF4N2O4. The number of benzene rings is 2. The largest absolute Gasteiger partial charge is 0.573 e. The van der Waals surface area contributed by atoms with Crippen LogP contribution in [0.15, 0.2) is 42.5 Å². The first-order valence-electron chi connectivity index (χ1n) is 8.61. The van der Waals surface area contributed by atoms with Gasteiger partial charge in [-0.15, -0.1) is 13.2 Å². The van der Waals surface area contributed by atoms with E-state index in [1.807, 2.05) is 0 Å². The number of nitrogens with one attached hydrogen (secondary N) is 1. The molecule has 1 saturated heterocycles. The van der Waals surface area contributed by atoms with E-state index < -0.39 is 35.3 Å². The Morgan fingerprint density at radius 1 is 1.23 bits per heavy atom. The Balaban J connectivity index is 1.67. The SMILES string of the molecule is O=C(NCc1cc(F)cc(Cl)c1)[C@@]1(O)CCN(c2ccc(OC(F)(F)F)cc2)C1=O. The molecule has 2 N–H and O–H groups in total. The third kappa shape index (κ3) is 4.82.